The van der Waals surface area contributed by atoms with Gasteiger partial charge in [0.1, 0.15) is 5.54 Å². The average Bonchev–Trinajstić information content (AvgIpc) is 3.52. The number of rotatable bonds is 13. The summed E-state index contributed by atoms with van der Waals surface area (Å²) in [5.74, 6) is 0.436. The highest BCUT2D eigenvalue weighted by molar-refractivity contribution is 6.06. The van der Waals surface area contributed by atoms with Crippen LogP contribution in [0.2, 0.25) is 0 Å². The third-order valence-corrected chi connectivity index (χ3v) is 6.33. The van der Waals surface area contributed by atoms with Crippen LogP contribution in [0.1, 0.15) is 77.3 Å². The monoisotopic (exact) mass is 433 g/mol. The molecule has 1 aliphatic carbocycles. The van der Waals surface area contributed by atoms with Crippen LogP contribution in [0, 0.1) is 11.7 Å². The number of benzene rings is 1. The van der Waals surface area contributed by atoms with Crippen LogP contribution in [0.3, 0.4) is 0 Å². The van der Waals surface area contributed by atoms with Gasteiger partial charge in [0.05, 0.1) is 6.61 Å². The third-order valence-electron chi connectivity index (χ3n) is 6.33. The SMILES string of the molecule is C[C@@H](NCCCCCCCN1C(=O)NC(=O)C1(C)C)c1ccc(F)c(OCC2CC2)c1. The van der Waals surface area contributed by atoms with Crippen LogP contribution in [0.5, 0.6) is 5.75 Å². The Morgan fingerprint density at radius 2 is 1.90 bits per heavy atom. The molecule has 1 aromatic rings. The van der Waals surface area contributed by atoms with Gasteiger partial charge in [-0.25, -0.2) is 9.18 Å². The summed E-state index contributed by atoms with van der Waals surface area (Å²) >= 11 is 0. The highest BCUT2D eigenvalue weighted by atomic mass is 19.1. The van der Waals surface area contributed by atoms with Crippen molar-refractivity contribution in [3.05, 3.63) is 29.6 Å². The van der Waals surface area contributed by atoms with Crippen molar-refractivity contribution in [2.75, 3.05) is 19.7 Å². The van der Waals surface area contributed by atoms with Gasteiger partial charge in [0.25, 0.3) is 5.91 Å². The number of carbonyl (C=O) groups excluding carboxylic acids is 2. The average molecular weight is 434 g/mol. The molecule has 1 aliphatic heterocycles. The predicted octanol–water partition coefficient (Wildman–Crippen LogP) is 4.55. The molecule has 1 saturated carbocycles. The van der Waals surface area contributed by atoms with E-state index in [-0.39, 0.29) is 23.8 Å². The van der Waals surface area contributed by atoms with E-state index in [0.29, 0.717) is 24.8 Å². The lowest BCUT2D eigenvalue weighted by Gasteiger charge is -2.27. The van der Waals surface area contributed by atoms with Crippen molar-refractivity contribution in [1.82, 2.24) is 15.5 Å². The van der Waals surface area contributed by atoms with Gasteiger partial charge >= 0.3 is 6.03 Å². The van der Waals surface area contributed by atoms with E-state index in [4.69, 9.17) is 4.74 Å². The normalized spacial score (nSPS) is 18.9. The van der Waals surface area contributed by atoms with Crippen molar-refractivity contribution >= 4 is 11.9 Å². The zero-order valence-corrected chi connectivity index (χ0v) is 19.0. The first kappa shape index (κ1) is 23.5. The fourth-order valence-corrected chi connectivity index (χ4v) is 3.83. The number of nitrogens with one attached hydrogen (secondary N) is 2. The van der Waals surface area contributed by atoms with Crippen LogP contribution in [0.25, 0.3) is 0 Å². The van der Waals surface area contributed by atoms with Crippen LogP contribution in [-0.2, 0) is 4.79 Å². The molecule has 7 heteroatoms. The summed E-state index contributed by atoms with van der Waals surface area (Å²) in [5, 5.41) is 5.89. The minimum Gasteiger partial charge on any atom is -0.490 e. The summed E-state index contributed by atoms with van der Waals surface area (Å²) in [6.07, 6.45) is 7.55. The van der Waals surface area contributed by atoms with Crippen LogP contribution in [-0.4, -0.2) is 42.1 Å². The molecule has 172 valence electrons. The quantitative estimate of drug-likeness (QED) is 0.354. The number of carbonyl (C=O) groups is 2. The Kier molecular flexibility index (Phi) is 7.92. The maximum Gasteiger partial charge on any atom is 0.324 e. The maximum atomic E-state index is 14.0. The van der Waals surface area contributed by atoms with Gasteiger partial charge in [0.15, 0.2) is 11.6 Å². The molecule has 0 aromatic heterocycles. The second-order valence-electron chi connectivity index (χ2n) is 9.36. The topological polar surface area (TPSA) is 70.7 Å². The van der Waals surface area contributed by atoms with Crippen molar-refractivity contribution in [3.8, 4) is 5.75 Å². The first-order valence-electron chi connectivity index (χ1n) is 11.6. The molecular formula is C24H36FN3O3. The molecule has 2 N–H and O–H groups in total. The fourth-order valence-electron chi connectivity index (χ4n) is 3.83. The van der Waals surface area contributed by atoms with Gasteiger partial charge in [-0.3, -0.25) is 10.1 Å². The molecule has 0 bridgehead atoms. The van der Waals surface area contributed by atoms with Gasteiger partial charge in [-0.05, 0) is 76.6 Å². The smallest absolute Gasteiger partial charge is 0.324 e. The zero-order valence-electron chi connectivity index (χ0n) is 19.0. The number of urea groups is 1. The maximum absolute atomic E-state index is 14.0. The van der Waals surface area contributed by atoms with E-state index < -0.39 is 5.54 Å². The minimum atomic E-state index is -0.750. The molecule has 0 unspecified atom stereocenters. The molecule has 1 atom stereocenters. The number of nitrogens with zero attached hydrogens (tertiary/aromatic N) is 1. The van der Waals surface area contributed by atoms with E-state index in [1.54, 1.807) is 18.7 Å². The van der Waals surface area contributed by atoms with E-state index in [0.717, 1.165) is 44.2 Å². The van der Waals surface area contributed by atoms with Crippen molar-refractivity contribution in [2.24, 2.45) is 5.92 Å². The van der Waals surface area contributed by atoms with Crippen molar-refractivity contribution in [2.45, 2.75) is 77.3 Å². The summed E-state index contributed by atoms with van der Waals surface area (Å²) in [7, 11) is 0. The highest BCUT2D eigenvalue weighted by Gasteiger charge is 2.44. The van der Waals surface area contributed by atoms with Gasteiger partial charge in [-0.2, -0.15) is 0 Å². The van der Waals surface area contributed by atoms with Crippen LogP contribution in [0.4, 0.5) is 9.18 Å². The molecule has 1 heterocycles. The Labute approximate surface area is 184 Å². The fraction of sp³-hybridized carbons (Fsp3) is 0.667. The van der Waals surface area contributed by atoms with E-state index in [9.17, 15) is 14.0 Å². The standard InChI is InChI=1S/C24H36FN3O3/c1-17(19-11-12-20(25)21(15-19)31-16-18-9-10-18)26-13-7-5-4-6-8-14-28-23(30)27-22(29)24(28,2)3/h11-12,15,17-18,26H,4-10,13-14,16H2,1-3H3,(H,27,29,30)/t17-/m1/s1. The van der Waals surface area contributed by atoms with E-state index >= 15 is 0 Å². The van der Waals surface area contributed by atoms with Gasteiger partial charge in [0.2, 0.25) is 0 Å². The molecular weight excluding hydrogens is 397 g/mol. The molecule has 0 spiro atoms. The summed E-state index contributed by atoms with van der Waals surface area (Å²) in [5.41, 5.74) is 0.286. The van der Waals surface area contributed by atoms with Gasteiger partial charge in [0, 0.05) is 12.6 Å². The van der Waals surface area contributed by atoms with Gasteiger partial charge in [-0.1, -0.05) is 25.3 Å². The van der Waals surface area contributed by atoms with E-state index in [1.165, 1.54) is 18.9 Å². The van der Waals surface area contributed by atoms with Crippen LogP contribution >= 0.6 is 0 Å². The van der Waals surface area contributed by atoms with Crippen LogP contribution in [0.15, 0.2) is 18.2 Å². The molecule has 1 saturated heterocycles. The second-order valence-corrected chi connectivity index (χ2v) is 9.36. The molecule has 31 heavy (non-hydrogen) atoms. The van der Waals surface area contributed by atoms with Crippen molar-refractivity contribution in [3.63, 3.8) is 0 Å². The summed E-state index contributed by atoms with van der Waals surface area (Å²) < 4.78 is 19.6. The number of amides is 3. The molecule has 0 radical (unpaired) electrons. The van der Waals surface area contributed by atoms with Crippen molar-refractivity contribution in [1.29, 1.82) is 0 Å². The lowest BCUT2D eigenvalue weighted by molar-refractivity contribution is -0.125. The molecule has 2 fully saturated rings. The van der Waals surface area contributed by atoms with E-state index in [1.807, 2.05) is 12.1 Å². The highest BCUT2D eigenvalue weighted by Crippen LogP contribution is 2.31. The number of ether oxygens (including phenoxy) is 1. The molecule has 6 nitrogen and oxygen atoms in total. The summed E-state index contributed by atoms with van der Waals surface area (Å²) in [6, 6.07) is 4.98. The van der Waals surface area contributed by atoms with E-state index in [2.05, 4.69) is 17.6 Å². The number of hydrogen-bond donors (Lipinski definition) is 2. The Hall–Kier alpha value is -2.15. The number of hydrogen-bond acceptors (Lipinski definition) is 4. The minimum absolute atomic E-state index is 0.136. The molecule has 1 aromatic carbocycles. The summed E-state index contributed by atoms with van der Waals surface area (Å²) in [4.78, 5) is 25.3. The molecule has 2 aliphatic rings. The number of halogens is 1. The second kappa shape index (κ2) is 10.4. The lowest BCUT2D eigenvalue weighted by Crippen LogP contribution is -2.44. The lowest BCUT2D eigenvalue weighted by atomic mass is 10.0. The number of imide groups is 1. The zero-order chi connectivity index (χ0) is 22.4. The van der Waals surface area contributed by atoms with Gasteiger partial charge in [-0.15, -0.1) is 0 Å². The van der Waals surface area contributed by atoms with Gasteiger partial charge < -0.3 is 15.0 Å². The van der Waals surface area contributed by atoms with Crippen LogP contribution < -0.4 is 15.4 Å². The molecule has 3 amide bonds. The Morgan fingerprint density at radius 1 is 1.19 bits per heavy atom. The van der Waals surface area contributed by atoms with Crippen molar-refractivity contribution < 1.29 is 18.7 Å². The molecule has 3 rings (SSSR count). The Morgan fingerprint density at radius 3 is 2.58 bits per heavy atom. The first-order valence-corrected chi connectivity index (χ1v) is 11.6. The number of unbranched alkanes of at least 4 members (excludes halogenated alkanes) is 4. The largest absolute Gasteiger partial charge is 0.490 e. The third kappa shape index (κ3) is 6.42. The first-order chi connectivity index (χ1) is 14.8. The predicted molar refractivity (Wildman–Crippen MR) is 118 cm³/mol. The Balaban J connectivity index is 1.28. The Bertz CT molecular complexity index is 779. The summed E-state index contributed by atoms with van der Waals surface area (Å²) in [6.45, 7) is 7.76.